The molecule has 3 heteroatoms. The van der Waals surface area contributed by atoms with Crippen LogP contribution in [0.15, 0.2) is 0 Å². The van der Waals surface area contributed by atoms with Crippen LogP contribution in [0.2, 0.25) is 0 Å². The van der Waals surface area contributed by atoms with Crippen molar-refractivity contribution in [3.8, 4) is 0 Å². The summed E-state index contributed by atoms with van der Waals surface area (Å²) >= 11 is 0. The molecule has 0 aliphatic heterocycles. The standard InChI is InChI=1S/2C3H8O.Mo/c2*1-3(2)4;/h2*3-4H,1-2H3;. The zero-order valence-electron chi connectivity index (χ0n) is 6.46. The Kier molecular flexibility index (Phi) is 20.7. The van der Waals surface area contributed by atoms with Gasteiger partial charge in [0.15, 0.2) is 0 Å². The molecule has 0 aliphatic rings. The third kappa shape index (κ3) is 1020. The van der Waals surface area contributed by atoms with E-state index in [2.05, 4.69) is 0 Å². The summed E-state index contributed by atoms with van der Waals surface area (Å²) in [6.45, 7) is 6.89. The third-order valence-electron chi connectivity index (χ3n) is 0. The zero-order chi connectivity index (χ0) is 7.15. The summed E-state index contributed by atoms with van der Waals surface area (Å²) in [7, 11) is 0. The smallest absolute Gasteiger partial charge is 0.0483 e. The summed E-state index contributed by atoms with van der Waals surface area (Å²) < 4.78 is 0. The SMILES string of the molecule is CC(C)O.CC(C)O.[Mo]. The van der Waals surface area contributed by atoms with Gasteiger partial charge in [0.1, 0.15) is 0 Å². The van der Waals surface area contributed by atoms with Gasteiger partial charge < -0.3 is 10.2 Å². The first-order valence-electron chi connectivity index (χ1n) is 2.83. The van der Waals surface area contributed by atoms with E-state index in [1.807, 2.05) is 0 Å². The second-order valence-corrected chi connectivity index (χ2v) is 2.19. The molecule has 0 bridgehead atoms. The van der Waals surface area contributed by atoms with E-state index in [0.717, 1.165) is 0 Å². The van der Waals surface area contributed by atoms with Gasteiger partial charge in [0, 0.05) is 33.3 Å². The molecule has 2 N–H and O–H groups in total. The normalized spacial score (nSPS) is 8.00. The first kappa shape index (κ1) is 16.3. The van der Waals surface area contributed by atoms with E-state index in [1.165, 1.54) is 0 Å². The fourth-order valence-corrected chi connectivity index (χ4v) is 0. The summed E-state index contributed by atoms with van der Waals surface area (Å²) in [5.41, 5.74) is 0. The molecule has 0 aliphatic carbocycles. The van der Waals surface area contributed by atoms with Gasteiger partial charge in [0.05, 0.1) is 0 Å². The molecule has 0 rings (SSSR count). The number of hydrogen-bond acceptors (Lipinski definition) is 2. The van der Waals surface area contributed by atoms with Crippen molar-refractivity contribution in [3.63, 3.8) is 0 Å². The Morgan fingerprint density at radius 1 is 0.778 bits per heavy atom. The quantitative estimate of drug-likeness (QED) is 0.587. The fraction of sp³-hybridized carbons (Fsp3) is 1.00. The van der Waals surface area contributed by atoms with Crippen LogP contribution in [0, 0.1) is 0 Å². The summed E-state index contributed by atoms with van der Waals surface area (Å²) in [6, 6.07) is 0. The number of hydrogen-bond donors (Lipinski definition) is 2. The Labute approximate surface area is 71.5 Å². The average Bonchev–Trinajstić information content (AvgIpc) is 1.25. The molecule has 0 fully saturated rings. The Morgan fingerprint density at radius 2 is 0.778 bits per heavy atom. The van der Waals surface area contributed by atoms with E-state index in [4.69, 9.17) is 10.2 Å². The number of rotatable bonds is 0. The van der Waals surface area contributed by atoms with Crippen LogP contribution in [0.1, 0.15) is 27.7 Å². The van der Waals surface area contributed by atoms with Crippen molar-refractivity contribution in [1.29, 1.82) is 0 Å². The number of aliphatic hydroxyl groups is 2. The van der Waals surface area contributed by atoms with E-state index in [1.54, 1.807) is 27.7 Å². The van der Waals surface area contributed by atoms with E-state index in [0.29, 0.717) is 0 Å². The Morgan fingerprint density at radius 3 is 0.778 bits per heavy atom. The van der Waals surface area contributed by atoms with Crippen LogP contribution in [0.3, 0.4) is 0 Å². The monoisotopic (exact) mass is 218 g/mol. The van der Waals surface area contributed by atoms with Crippen LogP contribution in [0.5, 0.6) is 0 Å². The summed E-state index contributed by atoms with van der Waals surface area (Å²) in [6.07, 6.45) is -0.333. The molecular weight excluding hydrogens is 200 g/mol. The van der Waals surface area contributed by atoms with Crippen LogP contribution < -0.4 is 0 Å². The van der Waals surface area contributed by atoms with Gasteiger partial charge in [0.25, 0.3) is 0 Å². The second-order valence-electron chi connectivity index (χ2n) is 2.19. The Balaban J connectivity index is -0.0000000720. The maximum atomic E-state index is 8.06. The second kappa shape index (κ2) is 11.4. The Bertz CT molecular complexity index is 26.5. The molecule has 0 heterocycles. The maximum absolute atomic E-state index is 8.06. The van der Waals surface area contributed by atoms with Crippen LogP contribution in [-0.2, 0) is 21.1 Å². The maximum Gasteiger partial charge on any atom is 0.0483 e. The first-order chi connectivity index (χ1) is 3.46. The van der Waals surface area contributed by atoms with Gasteiger partial charge in [-0.25, -0.2) is 0 Å². The van der Waals surface area contributed by atoms with E-state index >= 15 is 0 Å². The summed E-state index contributed by atoms with van der Waals surface area (Å²) in [5, 5.41) is 16.1. The molecular formula is C6H16MoO2. The van der Waals surface area contributed by atoms with Gasteiger partial charge in [0.2, 0.25) is 0 Å². The molecule has 0 aromatic rings. The van der Waals surface area contributed by atoms with Gasteiger partial charge in [-0.05, 0) is 27.7 Å². The molecule has 0 unspecified atom stereocenters. The van der Waals surface area contributed by atoms with Crippen LogP contribution in [0.25, 0.3) is 0 Å². The molecule has 0 saturated carbocycles. The van der Waals surface area contributed by atoms with Crippen LogP contribution in [-0.4, -0.2) is 22.4 Å². The minimum atomic E-state index is -0.167. The van der Waals surface area contributed by atoms with Crippen molar-refractivity contribution in [2.45, 2.75) is 39.9 Å². The molecule has 58 valence electrons. The van der Waals surface area contributed by atoms with E-state index in [9.17, 15) is 0 Å². The molecule has 0 saturated heterocycles. The largest absolute Gasteiger partial charge is 0.394 e. The summed E-state index contributed by atoms with van der Waals surface area (Å²) in [4.78, 5) is 0. The van der Waals surface area contributed by atoms with Crippen molar-refractivity contribution in [1.82, 2.24) is 0 Å². The molecule has 0 radical (unpaired) electrons. The van der Waals surface area contributed by atoms with Crippen molar-refractivity contribution >= 4 is 0 Å². The van der Waals surface area contributed by atoms with Crippen molar-refractivity contribution < 1.29 is 31.3 Å². The predicted octanol–water partition coefficient (Wildman–Crippen LogP) is 0.772. The van der Waals surface area contributed by atoms with Gasteiger partial charge in [-0.15, -0.1) is 0 Å². The van der Waals surface area contributed by atoms with Gasteiger partial charge in [-0.2, -0.15) is 0 Å². The molecule has 0 aromatic carbocycles. The fourth-order valence-electron chi connectivity index (χ4n) is 0. The van der Waals surface area contributed by atoms with Crippen molar-refractivity contribution in [2.24, 2.45) is 0 Å². The molecule has 0 spiro atoms. The molecule has 0 amide bonds. The van der Waals surface area contributed by atoms with Gasteiger partial charge in [-0.1, -0.05) is 0 Å². The van der Waals surface area contributed by atoms with E-state index in [-0.39, 0.29) is 33.3 Å². The van der Waals surface area contributed by atoms with Crippen LogP contribution >= 0.6 is 0 Å². The van der Waals surface area contributed by atoms with Crippen LogP contribution in [0.4, 0.5) is 0 Å². The molecule has 0 aromatic heterocycles. The minimum absolute atomic E-state index is 0. The number of aliphatic hydroxyl groups excluding tert-OH is 2. The van der Waals surface area contributed by atoms with Gasteiger partial charge in [-0.3, -0.25) is 0 Å². The first-order valence-corrected chi connectivity index (χ1v) is 2.83. The third-order valence-corrected chi connectivity index (χ3v) is 0. The van der Waals surface area contributed by atoms with Crippen molar-refractivity contribution in [2.75, 3.05) is 0 Å². The molecule has 9 heavy (non-hydrogen) atoms. The predicted molar refractivity (Wildman–Crippen MR) is 34.7 cm³/mol. The molecule has 0 atom stereocenters. The van der Waals surface area contributed by atoms with Crippen molar-refractivity contribution in [3.05, 3.63) is 0 Å². The van der Waals surface area contributed by atoms with E-state index < -0.39 is 0 Å². The average molecular weight is 216 g/mol. The molecule has 2 nitrogen and oxygen atoms in total. The van der Waals surface area contributed by atoms with Gasteiger partial charge >= 0.3 is 0 Å². The Hall–Kier alpha value is 0.608. The minimum Gasteiger partial charge on any atom is -0.394 e. The summed E-state index contributed by atoms with van der Waals surface area (Å²) in [5.74, 6) is 0. The zero-order valence-corrected chi connectivity index (χ0v) is 8.46. The topological polar surface area (TPSA) is 40.5 Å².